The molecular weight excluding hydrogens is 214 g/mol. The Balaban J connectivity index is 2.81. The van der Waals surface area contributed by atoms with Crippen LogP contribution in [0.15, 0.2) is 6.20 Å². The first-order valence-corrected chi connectivity index (χ1v) is 4.95. The van der Waals surface area contributed by atoms with Gasteiger partial charge in [-0.15, -0.1) is 0 Å². The molecule has 1 heterocycles. The van der Waals surface area contributed by atoms with Crippen LogP contribution in [0.2, 0.25) is 0 Å². The molecule has 7 heteroatoms. The Morgan fingerprint density at radius 3 is 2.88 bits per heavy atom. The Morgan fingerprint density at radius 2 is 2.38 bits per heavy atom. The molecule has 0 spiro atoms. The number of rotatable bonds is 6. The summed E-state index contributed by atoms with van der Waals surface area (Å²) in [5.41, 5.74) is 0. The topological polar surface area (TPSA) is 79.4 Å². The third kappa shape index (κ3) is 2.93. The molecule has 1 rings (SSSR count). The Kier molecular flexibility index (Phi) is 4.24. The summed E-state index contributed by atoms with van der Waals surface area (Å²) in [4.78, 5) is 13.8. The first kappa shape index (κ1) is 12.4. The molecule has 1 aromatic rings. The minimum absolute atomic E-state index is 0.197. The van der Waals surface area contributed by atoms with Gasteiger partial charge in [0.05, 0.1) is 6.61 Å². The molecule has 0 aliphatic heterocycles. The van der Waals surface area contributed by atoms with E-state index >= 15 is 0 Å². The predicted octanol–water partition coefficient (Wildman–Crippen LogP) is 1.22. The minimum atomic E-state index is -0.542. The summed E-state index contributed by atoms with van der Waals surface area (Å²) < 4.78 is 11.9. The van der Waals surface area contributed by atoms with Gasteiger partial charge >= 0.3 is 11.8 Å². The summed E-state index contributed by atoms with van der Waals surface area (Å²) in [5, 5.41) is 10.5. The number of aryl methyl sites for hydroxylation is 1. The van der Waals surface area contributed by atoms with Crippen molar-refractivity contribution in [2.24, 2.45) is 0 Å². The van der Waals surface area contributed by atoms with Gasteiger partial charge in [0.2, 0.25) is 0 Å². The van der Waals surface area contributed by atoms with Crippen molar-refractivity contribution in [1.82, 2.24) is 9.55 Å². The van der Waals surface area contributed by atoms with E-state index in [2.05, 4.69) is 4.98 Å². The van der Waals surface area contributed by atoms with E-state index in [4.69, 9.17) is 9.47 Å². The zero-order chi connectivity index (χ0) is 12.1. The van der Waals surface area contributed by atoms with Crippen molar-refractivity contribution in [3.8, 4) is 6.01 Å². The van der Waals surface area contributed by atoms with Crippen LogP contribution >= 0.6 is 0 Å². The monoisotopic (exact) mass is 229 g/mol. The summed E-state index contributed by atoms with van der Waals surface area (Å²) in [6.45, 7) is 4.64. The predicted molar refractivity (Wildman–Crippen MR) is 56.5 cm³/mol. The smallest absolute Gasteiger partial charge is 0.414 e. The van der Waals surface area contributed by atoms with E-state index in [0.29, 0.717) is 13.2 Å². The van der Waals surface area contributed by atoms with Gasteiger partial charge in [-0.3, -0.25) is 4.57 Å². The second-order valence-electron chi connectivity index (χ2n) is 3.31. The van der Waals surface area contributed by atoms with Crippen LogP contribution in [-0.4, -0.2) is 34.3 Å². The van der Waals surface area contributed by atoms with Gasteiger partial charge < -0.3 is 19.6 Å². The van der Waals surface area contributed by atoms with Crippen molar-refractivity contribution < 1.29 is 14.4 Å². The van der Waals surface area contributed by atoms with Crippen LogP contribution in [-0.2, 0) is 11.3 Å². The Hall–Kier alpha value is -1.63. The fourth-order valence-corrected chi connectivity index (χ4v) is 1.24. The lowest BCUT2D eigenvalue weighted by Gasteiger charge is -2.10. The normalized spacial score (nSPS) is 12.4. The zero-order valence-corrected chi connectivity index (χ0v) is 9.54. The lowest BCUT2D eigenvalue weighted by atomic mass is 10.4. The van der Waals surface area contributed by atoms with Crippen molar-refractivity contribution in [2.45, 2.75) is 26.5 Å². The molecular formula is C9H15N3O4. The summed E-state index contributed by atoms with van der Waals surface area (Å²) >= 11 is 0. The summed E-state index contributed by atoms with van der Waals surface area (Å²) in [5.74, 6) is -0.207. The van der Waals surface area contributed by atoms with E-state index in [9.17, 15) is 10.1 Å². The summed E-state index contributed by atoms with van der Waals surface area (Å²) in [6, 6.07) is 0.249. The van der Waals surface area contributed by atoms with E-state index in [-0.39, 0.29) is 17.9 Å². The molecule has 0 saturated carbocycles. The number of nitro groups is 1. The van der Waals surface area contributed by atoms with Crippen molar-refractivity contribution >= 4 is 5.82 Å². The second kappa shape index (κ2) is 5.45. The van der Waals surface area contributed by atoms with Crippen LogP contribution in [0, 0.1) is 10.1 Å². The molecule has 0 amide bonds. The van der Waals surface area contributed by atoms with Gasteiger partial charge in [-0.25, -0.2) is 0 Å². The van der Waals surface area contributed by atoms with Gasteiger partial charge in [0, 0.05) is 18.6 Å². The number of methoxy groups -OCH3 is 1. The highest BCUT2D eigenvalue weighted by molar-refractivity contribution is 5.20. The molecule has 0 aliphatic carbocycles. The lowest BCUT2D eigenvalue weighted by molar-refractivity contribution is -0.389. The molecule has 1 atom stereocenters. The molecule has 0 saturated heterocycles. The first-order valence-electron chi connectivity index (χ1n) is 4.95. The van der Waals surface area contributed by atoms with Crippen LogP contribution in [0.3, 0.4) is 0 Å². The zero-order valence-electron chi connectivity index (χ0n) is 9.54. The van der Waals surface area contributed by atoms with E-state index < -0.39 is 4.92 Å². The molecule has 0 radical (unpaired) electrons. The number of hydrogen-bond donors (Lipinski definition) is 0. The minimum Gasteiger partial charge on any atom is -0.440 e. The highest BCUT2D eigenvalue weighted by Gasteiger charge is 2.20. The number of aromatic nitrogens is 2. The van der Waals surface area contributed by atoms with Crippen molar-refractivity contribution in [3.63, 3.8) is 0 Å². The maximum atomic E-state index is 10.5. The van der Waals surface area contributed by atoms with Crippen LogP contribution in [0.4, 0.5) is 5.82 Å². The molecule has 90 valence electrons. The van der Waals surface area contributed by atoms with Gasteiger partial charge in [0.25, 0.3) is 0 Å². The van der Waals surface area contributed by atoms with Crippen LogP contribution < -0.4 is 4.74 Å². The average molecular weight is 229 g/mol. The summed E-state index contributed by atoms with van der Waals surface area (Å²) in [6.07, 6.45) is 1.16. The molecule has 16 heavy (non-hydrogen) atoms. The number of nitrogens with zero attached hydrogens (tertiary/aromatic N) is 3. The highest BCUT2D eigenvalue weighted by Crippen LogP contribution is 2.18. The Morgan fingerprint density at radius 1 is 1.69 bits per heavy atom. The molecule has 0 N–H and O–H groups in total. The van der Waals surface area contributed by atoms with Gasteiger partial charge in [-0.2, -0.15) is 0 Å². The lowest BCUT2D eigenvalue weighted by Crippen LogP contribution is -2.20. The first-order chi connectivity index (χ1) is 7.58. The van der Waals surface area contributed by atoms with Gasteiger partial charge in [-0.1, -0.05) is 0 Å². The Labute approximate surface area is 93.1 Å². The largest absolute Gasteiger partial charge is 0.440 e. The molecule has 0 fully saturated rings. The number of hydrogen-bond acceptors (Lipinski definition) is 5. The van der Waals surface area contributed by atoms with E-state index in [1.165, 1.54) is 6.20 Å². The third-order valence-corrected chi connectivity index (χ3v) is 1.96. The van der Waals surface area contributed by atoms with Gasteiger partial charge in [0.15, 0.2) is 0 Å². The third-order valence-electron chi connectivity index (χ3n) is 1.96. The van der Waals surface area contributed by atoms with Crippen molar-refractivity contribution in [1.29, 1.82) is 0 Å². The van der Waals surface area contributed by atoms with E-state index in [1.807, 2.05) is 13.8 Å². The molecule has 0 bridgehead atoms. The molecule has 0 aliphatic rings. The fraction of sp³-hybridized carbons (Fsp3) is 0.667. The average Bonchev–Trinajstić information content (AvgIpc) is 2.61. The van der Waals surface area contributed by atoms with Gasteiger partial charge in [0.1, 0.15) is 12.3 Å². The van der Waals surface area contributed by atoms with Gasteiger partial charge in [-0.05, 0) is 18.8 Å². The van der Waals surface area contributed by atoms with Crippen molar-refractivity contribution in [3.05, 3.63) is 16.3 Å². The quantitative estimate of drug-likeness (QED) is 0.541. The maximum absolute atomic E-state index is 10.5. The number of imidazole rings is 1. The number of ether oxygens (including phenoxy) is 2. The second-order valence-corrected chi connectivity index (χ2v) is 3.31. The maximum Gasteiger partial charge on any atom is 0.414 e. The van der Waals surface area contributed by atoms with Crippen LogP contribution in [0.1, 0.15) is 13.8 Å². The Bertz CT molecular complexity index is 364. The SMILES string of the molecule is CCn1cc([N+](=O)[O-])nc1O[C@@H](C)COC. The van der Waals surface area contributed by atoms with Crippen LogP contribution in [0.5, 0.6) is 6.01 Å². The standard InChI is InChI=1S/C9H15N3O4/c1-4-11-5-8(12(13)14)10-9(11)16-7(2)6-15-3/h5,7H,4,6H2,1-3H3/t7-/m0/s1. The fourth-order valence-electron chi connectivity index (χ4n) is 1.24. The molecule has 0 unspecified atom stereocenters. The highest BCUT2D eigenvalue weighted by atomic mass is 16.6. The molecule has 0 aromatic carbocycles. The molecule has 7 nitrogen and oxygen atoms in total. The van der Waals surface area contributed by atoms with Crippen LogP contribution in [0.25, 0.3) is 0 Å². The molecule has 1 aromatic heterocycles. The summed E-state index contributed by atoms with van der Waals surface area (Å²) in [7, 11) is 1.56. The van der Waals surface area contributed by atoms with Crippen molar-refractivity contribution in [2.75, 3.05) is 13.7 Å². The van der Waals surface area contributed by atoms with E-state index in [0.717, 1.165) is 0 Å². The van der Waals surface area contributed by atoms with E-state index in [1.54, 1.807) is 11.7 Å².